The first kappa shape index (κ1) is 17.2. The molecule has 0 radical (unpaired) electrons. The molecule has 3 amide bonds. The van der Waals surface area contributed by atoms with Crippen LogP contribution in [-0.4, -0.2) is 53.6 Å². The maximum absolute atomic E-state index is 11.9. The molecule has 2 unspecified atom stereocenters. The van der Waals surface area contributed by atoms with Crippen LogP contribution >= 0.6 is 0 Å². The van der Waals surface area contributed by atoms with Gasteiger partial charge in [-0.2, -0.15) is 0 Å². The lowest BCUT2D eigenvalue weighted by atomic mass is 10.0. The molecule has 0 aromatic heterocycles. The number of carbonyl (C=O) groups excluding carboxylic acids is 2. The lowest BCUT2D eigenvalue weighted by Gasteiger charge is -2.25. The van der Waals surface area contributed by atoms with E-state index in [-0.39, 0.29) is 12.5 Å². The van der Waals surface area contributed by atoms with Gasteiger partial charge in [0.2, 0.25) is 5.91 Å². The highest BCUT2D eigenvalue weighted by Gasteiger charge is 2.23. The Kier molecular flexibility index (Phi) is 7.55. The van der Waals surface area contributed by atoms with E-state index in [1.54, 1.807) is 20.8 Å². The van der Waals surface area contributed by atoms with Gasteiger partial charge in [-0.05, 0) is 27.7 Å². The molecule has 0 saturated heterocycles. The van der Waals surface area contributed by atoms with Crippen molar-refractivity contribution < 1.29 is 19.5 Å². The van der Waals surface area contributed by atoms with Crippen LogP contribution in [0.4, 0.5) is 4.79 Å². The highest BCUT2D eigenvalue weighted by molar-refractivity contribution is 5.84. The minimum absolute atomic E-state index is 0.0374. The van der Waals surface area contributed by atoms with Gasteiger partial charge in [0, 0.05) is 19.1 Å². The van der Waals surface area contributed by atoms with Crippen LogP contribution in [0.25, 0.3) is 0 Å². The highest BCUT2D eigenvalue weighted by atomic mass is 16.4. The fraction of sp³-hybridized carbons (Fsp3) is 0.750. The third-order valence-corrected chi connectivity index (χ3v) is 2.87. The Balaban J connectivity index is 4.43. The van der Waals surface area contributed by atoms with Crippen molar-refractivity contribution in [1.82, 2.24) is 15.5 Å². The minimum Gasteiger partial charge on any atom is -0.481 e. The number of aliphatic carboxylic acids is 1. The van der Waals surface area contributed by atoms with E-state index in [1.807, 2.05) is 0 Å². The standard InChI is InChI=1S/C12H23N3O4/c1-5-13-10(16)7-15(6-2)12(19)14-9(4)8(3)11(17)18/h8-9H,5-7H2,1-4H3,(H,13,16)(H,14,19)(H,17,18). The number of carboxylic acids is 1. The van der Waals surface area contributed by atoms with E-state index in [4.69, 9.17) is 5.11 Å². The van der Waals surface area contributed by atoms with E-state index in [1.165, 1.54) is 11.8 Å². The van der Waals surface area contributed by atoms with Gasteiger partial charge in [-0.1, -0.05) is 0 Å². The van der Waals surface area contributed by atoms with Gasteiger partial charge in [-0.15, -0.1) is 0 Å². The van der Waals surface area contributed by atoms with E-state index in [2.05, 4.69) is 10.6 Å². The zero-order valence-corrected chi connectivity index (χ0v) is 11.9. The minimum atomic E-state index is -0.973. The highest BCUT2D eigenvalue weighted by Crippen LogP contribution is 2.03. The van der Waals surface area contributed by atoms with E-state index >= 15 is 0 Å². The Labute approximate surface area is 113 Å². The molecular weight excluding hydrogens is 250 g/mol. The molecule has 3 N–H and O–H groups in total. The van der Waals surface area contributed by atoms with Gasteiger partial charge in [-0.25, -0.2) is 4.79 Å². The molecule has 19 heavy (non-hydrogen) atoms. The van der Waals surface area contributed by atoms with Gasteiger partial charge in [0.15, 0.2) is 0 Å². The third kappa shape index (κ3) is 6.08. The predicted octanol–water partition coefficient (Wildman–Crippen LogP) is 0.263. The summed E-state index contributed by atoms with van der Waals surface area (Å²) in [5.74, 6) is -1.90. The van der Waals surface area contributed by atoms with Crippen molar-refractivity contribution in [2.75, 3.05) is 19.6 Å². The van der Waals surface area contributed by atoms with E-state index in [0.717, 1.165) is 0 Å². The lowest BCUT2D eigenvalue weighted by Crippen LogP contribution is -2.50. The summed E-state index contributed by atoms with van der Waals surface area (Å²) in [4.78, 5) is 35.4. The zero-order chi connectivity index (χ0) is 15.0. The molecule has 2 atom stereocenters. The molecule has 7 heteroatoms. The molecule has 0 spiro atoms. The van der Waals surface area contributed by atoms with Crippen molar-refractivity contribution in [2.24, 2.45) is 5.92 Å². The monoisotopic (exact) mass is 273 g/mol. The molecule has 0 heterocycles. The molecular formula is C12H23N3O4. The van der Waals surface area contributed by atoms with E-state index in [9.17, 15) is 14.4 Å². The van der Waals surface area contributed by atoms with Gasteiger partial charge in [-0.3, -0.25) is 9.59 Å². The molecule has 7 nitrogen and oxygen atoms in total. The van der Waals surface area contributed by atoms with Crippen LogP contribution in [0.15, 0.2) is 0 Å². The van der Waals surface area contributed by atoms with E-state index < -0.39 is 24.0 Å². The molecule has 0 aliphatic heterocycles. The second-order valence-electron chi connectivity index (χ2n) is 4.33. The molecule has 0 rings (SSSR count). The molecule has 0 aromatic rings. The first-order valence-electron chi connectivity index (χ1n) is 6.38. The zero-order valence-electron chi connectivity index (χ0n) is 11.9. The van der Waals surface area contributed by atoms with Gasteiger partial charge in [0.05, 0.1) is 5.92 Å². The topological polar surface area (TPSA) is 98.7 Å². The summed E-state index contributed by atoms with van der Waals surface area (Å²) in [6, 6.07) is -0.942. The maximum Gasteiger partial charge on any atom is 0.318 e. The average molecular weight is 273 g/mol. The molecule has 0 aliphatic carbocycles. The molecule has 0 aromatic carbocycles. The van der Waals surface area contributed by atoms with Gasteiger partial charge in [0.25, 0.3) is 0 Å². The first-order valence-corrected chi connectivity index (χ1v) is 6.38. The van der Waals surface area contributed by atoms with Gasteiger partial charge >= 0.3 is 12.0 Å². The van der Waals surface area contributed by atoms with Crippen LogP contribution in [0.2, 0.25) is 0 Å². The van der Waals surface area contributed by atoms with Crippen LogP contribution in [0.3, 0.4) is 0 Å². The summed E-state index contributed by atoms with van der Waals surface area (Å²) in [5, 5.41) is 14.0. The molecule has 0 aliphatic rings. The number of rotatable bonds is 7. The molecule has 0 fully saturated rings. The fourth-order valence-corrected chi connectivity index (χ4v) is 1.38. The smallest absolute Gasteiger partial charge is 0.318 e. The predicted molar refractivity (Wildman–Crippen MR) is 70.7 cm³/mol. The Morgan fingerprint density at radius 1 is 1.21 bits per heavy atom. The van der Waals surface area contributed by atoms with Crippen LogP contribution in [-0.2, 0) is 9.59 Å². The second-order valence-corrected chi connectivity index (χ2v) is 4.33. The van der Waals surface area contributed by atoms with Crippen molar-refractivity contribution in [3.8, 4) is 0 Å². The van der Waals surface area contributed by atoms with Crippen molar-refractivity contribution in [3.63, 3.8) is 0 Å². The van der Waals surface area contributed by atoms with E-state index in [0.29, 0.717) is 13.1 Å². The van der Waals surface area contributed by atoms with Crippen LogP contribution in [0, 0.1) is 5.92 Å². The summed E-state index contributed by atoms with van der Waals surface area (Å²) >= 11 is 0. The lowest BCUT2D eigenvalue weighted by molar-refractivity contribution is -0.141. The van der Waals surface area contributed by atoms with Crippen molar-refractivity contribution in [1.29, 1.82) is 0 Å². The molecule has 110 valence electrons. The summed E-state index contributed by atoms with van der Waals surface area (Å²) in [7, 11) is 0. The average Bonchev–Trinajstić information content (AvgIpc) is 2.34. The van der Waals surface area contributed by atoms with Gasteiger partial charge in [0.1, 0.15) is 6.54 Å². The molecule has 0 saturated carbocycles. The summed E-state index contributed by atoms with van der Waals surface area (Å²) in [6.07, 6.45) is 0. The normalized spacial score (nSPS) is 13.3. The number of nitrogens with zero attached hydrogens (tertiary/aromatic N) is 1. The third-order valence-electron chi connectivity index (χ3n) is 2.87. The summed E-state index contributed by atoms with van der Waals surface area (Å²) < 4.78 is 0. The summed E-state index contributed by atoms with van der Waals surface area (Å²) in [6.45, 7) is 7.53. The number of urea groups is 1. The van der Waals surface area contributed by atoms with Crippen molar-refractivity contribution in [2.45, 2.75) is 33.7 Å². The Morgan fingerprint density at radius 3 is 2.21 bits per heavy atom. The SMILES string of the molecule is CCNC(=O)CN(CC)C(=O)NC(C)C(C)C(=O)O. The molecule has 0 bridgehead atoms. The number of hydrogen-bond acceptors (Lipinski definition) is 3. The van der Waals surface area contributed by atoms with Crippen LogP contribution in [0.1, 0.15) is 27.7 Å². The number of amides is 3. The number of carboxylic acid groups (broad SMARTS) is 1. The number of carbonyl (C=O) groups is 3. The fourth-order valence-electron chi connectivity index (χ4n) is 1.38. The van der Waals surface area contributed by atoms with Crippen LogP contribution < -0.4 is 10.6 Å². The Hall–Kier alpha value is -1.79. The Morgan fingerprint density at radius 2 is 1.79 bits per heavy atom. The van der Waals surface area contributed by atoms with Crippen molar-refractivity contribution in [3.05, 3.63) is 0 Å². The number of likely N-dealkylation sites (N-methyl/N-ethyl adjacent to an activating group) is 2. The first-order chi connectivity index (χ1) is 8.83. The second kappa shape index (κ2) is 8.34. The summed E-state index contributed by atoms with van der Waals surface area (Å²) in [5.41, 5.74) is 0. The maximum atomic E-state index is 11.9. The van der Waals surface area contributed by atoms with Gasteiger partial charge < -0.3 is 20.6 Å². The largest absolute Gasteiger partial charge is 0.481 e. The number of hydrogen-bond donors (Lipinski definition) is 3. The van der Waals surface area contributed by atoms with Crippen LogP contribution in [0.5, 0.6) is 0 Å². The Bertz CT molecular complexity index is 333. The van der Waals surface area contributed by atoms with Crippen molar-refractivity contribution >= 4 is 17.9 Å². The number of nitrogens with one attached hydrogen (secondary N) is 2. The quantitative estimate of drug-likeness (QED) is 0.619.